The van der Waals surface area contributed by atoms with Crippen molar-refractivity contribution in [3.8, 4) is 0 Å². The first-order chi connectivity index (χ1) is 6.27. The Hall–Kier alpha value is -0.650. The first kappa shape index (κ1) is 12.3. The largest absolute Gasteiger partial charge is 0.480 e. The highest BCUT2D eigenvalue weighted by atomic mass is 16.4. The molecule has 78 valence electrons. The van der Waals surface area contributed by atoms with Crippen LogP contribution >= 0.6 is 0 Å². The quantitative estimate of drug-likeness (QED) is 0.345. The standard InChI is InChI=1S/C8H19N3O2/c1-2-9-3-4-10-5-6-11-7-8(12)13/h9-11H,2-7H2,1H3,(H,12,13). The minimum atomic E-state index is -0.812. The van der Waals surface area contributed by atoms with Crippen LogP contribution in [-0.4, -0.2) is 50.3 Å². The van der Waals surface area contributed by atoms with Gasteiger partial charge in [0.05, 0.1) is 6.54 Å². The van der Waals surface area contributed by atoms with Crippen LogP contribution < -0.4 is 16.0 Å². The third kappa shape index (κ3) is 11.3. The van der Waals surface area contributed by atoms with Crippen molar-refractivity contribution >= 4 is 5.97 Å². The Kier molecular flexibility index (Phi) is 8.97. The average Bonchev–Trinajstić information content (AvgIpc) is 2.09. The van der Waals surface area contributed by atoms with Gasteiger partial charge in [0.15, 0.2) is 0 Å². The van der Waals surface area contributed by atoms with Gasteiger partial charge in [-0.3, -0.25) is 4.79 Å². The van der Waals surface area contributed by atoms with Crippen LogP contribution in [0.2, 0.25) is 0 Å². The highest BCUT2D eigenvalue weighted by Crippen LogP contribution is 1.62. The van der Waals surface area contributed by atoms with Crippen LogP contribution in [0, 0.1) is 0 Å². The molecule has 0 saturated carbocycles. The number of rotatable bonds is 9. The molecule has 0 aliphatic heterocycles. The molecular weight excluding hydrogens is 170 g/mol. The second-order valence-corrected chi connectivity index (χ2v) is 2.67. The van der Waals surface area contributed by atoms with Crippen LogP contribution in [0.15, 0.2) is 0 Å². The molecule has 0 spiro atoms. The molecule has 0 saturated heterocycles. The summed E-state index contributed by atoms with van der Waals surface area (Å²) in [5.74, 6) is -0.812. The lowest BCUT2D eigenvalue weighted by atomic mass is 10.5. The maximum atomic E-state index is 10.1. The Morgan fingerprint density at radius 3 is 2.15 bits per heavy atom. The lowest BCUT2D eigenvalue weighted by Gasteiger charge is -2.04. The zero-order valence-corrected chi connectivity index (χ0v) is 8.10. The lowest BCUT2D eigenvalue weighted by molar-refractivity contribution is -0.135. The molecule has 5 heteroatoms. The summed E-state index contributed by atoms with van der Waals surface area (Å²) in [4.78, 5) is 10.1. The van der Waals surface area contributed by atoms with Gasteiger partial charge in [0.2, 0.25) is 0 Å². The minimum Gasteiger partial charge on any atom is -0.480 e. The van der Waals surface area contributed by atoms with E-state index in [-0.39, 0.29) is 6.54 Å². The highest BCUT2D eigenvalue weighted by Gasteiger charge is 1.93. The smallest absolute Gasteiger partial charge is 0.317 e. The number of aliphatic carboxylic acids is 1. The lowest BCUT2D eigenvalue weighted by Crippen LogP contribution is -2.34. The van der Waals surface area contributed by atoms with Gasteiger partial charge in [-0.05, 0) is 6.54 Å². The predicted octanol–water partition coefficient (Wildman–Crippen LogP) is -1.14. The summed E-state index contributed by atoms with van der Waals surface area (Å²) in [6.07, 6.45) is 0. The second kappa shape index (κ2) is 9.44. The fourth-order valence-corrected chi connectivity index (χ4v) is 0.851. The first-order valence-corrected chi connectivity index (χ1v) is 4.61. The summed E-state index contributed by atoms with van der Waals surface area (Å²) >= 11 is 0. The summed E-state index contributed by atoms with van der Waals surface area (Å²) in [5, 5.41) is 17.4. The van der Waals surface area contributed by atoms with E-state index in [2.05, 4.69) is 22.9 Å². The molecule has 0 unspecified atom stereocenters. The summed E-state index contributed by atoms with van der Waals surface area (Å²) < 4.78 is 0. The Morgan fingerprint density at radius 2 is 1.62 bits per heavy atom. The Labute approximate surface area is 78.9 Å². The van der Waals surface area contributed by atoms with Crippen molar-refractivity contribution in [1.82, 2.24) is 16.0 Å². The van der Waals surface area contributed by atoms with Crippen LogP contribution in [0.5, 0.6) is 0 Å². The Morgan fingerprint density at radius 1 is 1.08 bits per heavy atom. The number of hydrogen-bond donors (Lipinski definition) is 4. The second-order valence-electron chi connectivity index (χ2n) is 2.67. The molecule has 0 heterocycles. The van der Waals surface area contributed by atoms with Gasteiger partial charge in [-0.25, -0.2) is 0 Å². The number of hydrogen-bond acceptors (Lipinski definition) is 4. The molecule has 5 nitrogen and oxygen atoms in total. The number of carboxylic acid groups (broad SMARTS) is 1. The topological polar surface area (TPSA) is 73.4 Å². The average molecular weight is 189 g/mol. The van der Waals surface area contributed by atoms with Gasteiger partial charge in [-0.1, -0.05) is 6.92 Å². The van der Waals surface area contributed by atoms with E-state index in [0.29, 0.717) is 6.54 Å². The molecule has 0 bridgehead atoms. The Balaban J connectivity index is 2.87. The van der Waals surface area contributed by atoms with Crippen molar-refractivity contribution in [2.75, 3.05) is 39.3 Å². The number of carboxylic acids is 1. The van der Waals surface area contributed by atoms with Gasteiger partial charge in [0, 0.05) is 26.2 Å². The fraction of sp³-hybridized carbons (Fsp3) is 0.875. The minimum absolute atomic E-state index is 0.0366. The van der Waals surface area contributed by atoms with Gasteiger partial charge < -0.3 is 21.1 Å². The fourth-order valence-electron chi connectivity index (χ4n) is 0.851. The summed E-state index contributed by atoms with van der Waals surface area (Å²) in [6, 6.07) is 0. The molecule has 0 radical (unpaired) electrons. The van der Waals surface area contributed by atoms with Gasteiger partial charge >= 0.3 is 5.97 Å². The third-order valence-electron chi connectivity index (χ3n) is 1.48. The Bertz CT molecular complexity index is 131. The van der Waals surface area contributed by atoms with Crippen molar-refractivity contribution < 1.29 is 9.90 Å². The van der Waals surface area contributed by atoms with E-state index >= 15 is 0 Å². The normalized spacial score (nSPS) is 10.2. The predicted molar refractivity (Wildman–Crippen MR) is 51.9 cm³/mol. The molecule has 0 rings (SSSR count). The van der Waals surface area contributed by atoms with E-state index in [0.717, 1.165) is 26.2 Å². The highest BCUT2D eigenvalue weighted by molar-refractivity contribution is 5.68. The molecule has 0 aliphatic carbocycles. The van der Waals surface area contributed by atoms with E-state index < -0.39 is 5.97 Å². The number of nitrogens with one attached hydrogen (secondary N) is 3. The van der Waals surface area contributed by atoms with Crippen molar-refractivity contribution in [1.29, 1.82) is 0 Å². The van der Waals surface area contributed by atoms with Crippen molar-refractivity contribution in [3.63, 3.8) is 0 Å². The zero-order valence-electron chi connectivity index (χ0n) is 8.10. The molecule has 4 N–H and O–H groups in total. The molecule has 0 amide bonds. The molecule has 0 fully saturated rings. The van der Waals surface area contributed by atoms with Gasteiger partial charge in [0.25, 0.3) is 0 Å². The van der Waals surface area contributed by atoms with Gasteiger partial charge in [-0.2, -0.15) is 0 Å². The van der Waals surface area contributed by atoms with Crippen LogP contribution in [-0.2, 0) is 4.79 Å². The maximum Gasteiger partial charge on any atom is 0.317 e. The van der Waals surface area contributed by atoms with Crippen molar-refractivity contribution in [3.05, 3.63) is 0 Å². The van der Waals surface area contributed by atoms with E-state index in [9.17, 15) is 4.79 Å². The van der Waals surface area contributed by atoms with E-state index in [1.165, 1.54) is 0 Å². The molecule has 0 aromatic heterocycles. The molecule has 13 heavy (non-hydrogen) atoms. The van der Waals surface area contributed by atoms with E-state index in [1.807, 2.05) is 0 Å². The van der Waals surface area contributed by atoms with Crippen LogP contribution in [0.3, 0.4) is 0 Å². The monoisotopic (exact) mass is 189 g/mol. The number of likely N-dealkylation sites (N-methyl/N-ethyl adjacent to an activating group) is 1. The summed E-state index contributed by atoms with van der Waals surface area (Å²) in [5.41, 5.74) is 0. The molecule has 0 atom stereocenters. The van der Waals surface area contributed by atoms with Crippen LogP contribution in [0.1, 0.15) is 6.92 Å². The van der Waals surface area contributed by atoms with Crippen LogP contribution in [0.25, 0.3) is 0 Å². The van der Waals surface area contributed by atoms with E-state index in [4.69, 9.17) is 5.11 Å². The summed E-state index contributed by atoms with van der Waals surface area (Å²) in [7, 11) is 0. The van der Waals surface area contributed by atoms with Crippen molar-refractivity contribution in [2.45, 2.75) is 6.92 Å². The third-order valence-corrected chi connectivity index (χ3v) is 1.48. The summed E-state index contributed by atoms with van der Waals surface area (Å²) in [6.45, 7) is 6.46. The number of carbonyl (C=O) groups is 1. The SMILES string of the molecule is CCNCCNCCNCC(=O)O. The van der Waals surface area contributed by atoms with Crippen LogP contribution in [0.4, 0.5) is 0 Å². The maximum absolute atomic E-state index is 10.1. The first-order valence-electron chi connectivity index (χ1n) is 4.61. The zero-order chi connectivity index (χ0) is 9.94. The van der Waals surface area contributed by atoms with Crippen molar-refractivity contribution in [2.24, 2.45) is 0 Å². The molecule has 0 aromatic rings. The molecular formula is C8H19N3O2. The molecule has 0 aromatic carbocycles. The van der Waals surface area contributed by atoms with Gasteiger partial charge in [0.1, 0.15) is 0 Å². The molecule has 0 aliphatic rings. The van der Waals surface area contributed by atoms with Gasteiger partial charge in [-0.15, -0.1) is 0 Å². The van der Waals surface area contributed by atoms with E-state index in [1.54, 1.807) is 0 Å².